The zero-order valence-corrected chi connectivity index (χ0v) is 10.4. The molecule has 1 aromatic carbocycles. The normalized spacial score (nSPS) is 13.4. The summed E-state index contributed by atoms with van der Waals surface area (Å²) in [6, 6.07) is 6.92. The molecule has 0 spiro atoms. The maximum absolute atomic E-state index is 13.5. The number of benzene rings is 1. The first-order valence-electron chi connectivity index (χ1n) is 4.65. The lowest BCUT2D eigenvalue weighted by atomic mass is 10.2. The predicted octanol–water partition coefficient (Wildman–Crippen LogP) is 4.19. The zero-order chi connectivity index (χ0) is 11.3. The number of alkyl halides is 1. The van der Waals surface area contributed by atoms with E-state index in [2.05, 4.69) is 4.72 Å². The quantitative estimate of drug-likeness (QED) is 0.623. The van der Waals surface area contributed by atoms with Crippen LogP contribution in [0.2, 0.25) is 0 Å². The number of halogens is 1. The summed E-state index contributed by atoms with van der Waals surface area (Å²) in [7, 11) is -1.78. The first-order chi connectivity index (χ1) is 7.19. The van der Waals surface area contributed by atoms with Crippen LogP contribution < -0.4 is 4.72 Å². The number of nitrogens with one attached hydrogen (secondary N) is 1. The molecular weight excluding hydrogens is 232 g/mol. The van der Waals surface area contributed by atoms with Crippen LogP contribution in [0, 0.1) is 0 Å². The molecule has 2 nitrogen and oxygen atoms in total. The molecule has 0 aliphatic heterocycles. The largest absolute Gasteiger partial charge is 0.379 e. The first-order valence-corrected chi connectivity index (χ1v) is 7.39. The average molecular weight is 246 g/mol. The van der Waals surface area contributed by atoms with Gasteiger partial charge in [0.2, 0.25) is 0 Å². The van der Waals surface area contributed by atoms with Crippen LogP contribution in [-0.4, -0.2) is 12.4 Å². The molecule has 0 amide bonds. The summed E-state index contributed by atoms with van der Waals surface area (Å²) in [6.45, 7) is 1.73. The van der Waals surface area contributed by atoms with Gasteiger partial charge < -0.3 is 4.72 Å². The first kappa shape index (κ1) is 12.5. The number of hydrogen-bond donors (Lipinski definition) is 1. The van der Waals surface area contributed by atoms with Gasteiger partial charge in [0.15, 0.2) is 0 Å². The Morgan fingerprint density at radius 2 is 2.07 bits per heavy atom. The maximum Gasteiger partial charge on any atom is 0.379 e. The fourth-order valence-corrected chi connectivity index (χ4v) is 2.35. The Morgan fingerprint density at radius 1 is 1.47 bits per heavy atom. The molecule has 0 radical (unpaired) electrons. The van der Waals surface area contributed by atoms with E-state index in [4.69, 9.17) is 0 Å². The highest BCUT2D eigenvalue weighted by Crippen LogP contribution is 2.41. The molecule has 82 valence electrons. The lowest BCUT2D eigenvalue weighted by Gasteiger charge is -2.03. The summed E-state index contributed by atoms with van der Waals surface area (Å²) in [6.07, 6.45) is 2.29. The maximum atomic E-state index is 13.5. The molecule has 0 aromatic heterocycles. The second kappa shape index (κ2) is 6.09. The Morgan fingerprint density at radius 3 is 2.53 bits per heavy atom. The Balaban J connectivity index is 2.75. The molecule has 0 bridgehead atoms. The van der Waals surface area contributed by atoms with Crippen molar-refractivity contribution in [3.63, 3.8) is 0 Å². The van der Waals surface area contributed by atoms with Gasteiger partial charge in [-0.3, -0.25) is 0 Å². The fourth-order valence-electron chi connectivity index (χ4n) is 1.15. The number of hydrogen-bond acceptors (Lipinski definition) is 3. The summed E-state index contributed by atoms with van der Waals surface area (Å²) in [5.41, 5.74) is 1.41. The van der Waals surface area contributed by atoms with E-state index in [9.17, 15) is 8.96 Å². The van der Waals surface area contributed by atoms with Crippen LogP contribution in [0.5, 0.6) is 0 Å². The van der Waals surface area contributed by atoms with Crippen LogP contribution in [-0.2, 0) is 4.57 Å². The third-order valence-corrected chi connectivity index (χ3v) is 3.84. The second-order valence-corrected chi connectivity index (χ2v) is 5.53. The van der Waals surface area contributed by atoms with Gasteiger partial charge in [0, 0.05) is 17.5 Å². The van der Waals surface area contributed by atoms with E-state index in [0.717, 1.165) is 5.69 Å². The van der Waals surface area contributed by atoms with Crippen molar-refractivity contribution >= 4 is 25.4 Å². The van der Waals surface area contributed by atoms with Gasteiger partial charge in [-0.2, -0.15) is 4.39 Å². The molecule has 0 fully saturated rings. The molecule has 0 saturated heterocycles. The van der Waals surface area contributed by atoms with E-state index in [-0.39, 0.29) is 0 Å². The monoisotopic (exact) mass is 246 g/mol. The van der Waals surface area contributed by atoms with E-state index in [1.807, 2.05) is 6.26 Å². The predicted molar refractivity (Wildman–Crippen MR) is 65.6 cm³/mol. The summed E-state index contributed by atoms with van der Waals surface area (Å²) in [4.78, 5) is 0. The standard InChI is InChI=1S/C10H14FNOPS/c1-3-14(13)10(11)8-4-6-9(7-5-8)12-15-2/h4-7,10,12H,3H2,1-2H3/q+1. The van der Waals surface area contributed by atoms with Gasteiger partial charge in [0.25, 0.3) is 0 Å². The zero-order valence-electron chi connectivity index (χ0n) is 8.74. The Hall–Kier alpha value is -0.600. The van der Waals surface area contributed by atoms with Gasteiger partial charge in [-0.25, -0.2) is 0 Å². The fraction of sp³-hybridized carbons (Fsp3) is 0.400. The summed E-state index contributed by atoms with van der Waals surface area (Å²) < 4.78 is 27.9. The number of anilines is 1. The Bertz CT molecular complexity index is 331. The third kappa shape index (κ3) is 3.47. The molecule has 1 aromatic rings. The molecule has 1 rings (SSSR count). The van der Waals surface area contributed by atoms with Crippen molar-refractivity contribution < 1.29 is 8.96 Å². The van der Waals surface area contributed by atoms with E-state index in [0.29, 0.717) is 11.7 Å². The lowest BCUT2D eigenvalue weighted by Crippen LogP contribution is -1.89. The summed E-state index contributed by atoms with van der Waals surface area (Å²) in [5.74, 6) is -1.34. The molecule has 2 unspecified atom stereocenters. The molecule has 0 saturated carbocycles. The molecule has 0 aliphatic rings. The molecule has 5 heteroatoms. The molecule has 0 aliphatic carbocycles. The minimum absolute atomic E-state index is 0.376. The molecule has 2 atom stereocenters. The minimum Gasteiger partial charge on any atom is -0.330 e. The van der Waals surface area contributed by atoms with Crippen molar-refractivity contribution in [2.45, 2.75) is 12.8 Å². The highest BCUT2D eigenvalue weighted by molar-refractivity contribution is 7.99. The molecular formula is C10H14FNOPS+. The van der Waals surface area contributed by atoms with Crippen molar-refractivity contribution in [2.24, 2.45) is 0 Å². The lowest BCUT2D eigenvalue weighted by molar-refractivity contribution is 0.440. The molecule has 0 heterocycles. The van der Waals surface area contributed by atoms with E-state index in [1.54, 1.807) is 31.2 Å². The van der Waals surface area contributed by atoms with Gasteiger partial charge in [-0.1, -0.05) is 16.5 Å². The smallest absolute Gasteiger partial charge is 0.330 e. The van der Waals surface area contributed by atoms with Crippen LogP contribution in [0.4, 0.5) is 10.1 Å². The Labute approximate surface area is 94.6 Å². The highest BCUT2D eigenvalue weighted by atomic mass is 32.2. The van der Waals surface area contributed by atoms with Crippen LogP contribution in [0.3, 0.4) is 0 Å². The van der Waals surface area contributed by atoms with Crippen molar-refractivity contribution in [3.05, 3.63) is 29.8 Å². The van der Waals surface area contributed by atoms with Crippen molar-refractivity contribution in [1.29, 1.82) is 0 Å². The topological polar surface area (TPSA) is 29.1 Å². The minimum atomic E-state index is -1.78. The van der Waals surface area contributed by atoms with Gasteiger partial charge in [-0.05, 0) is 31.2 Å². The van der Waals surface area contributed by atoms with E-state index in [1.165, 1.54) is 11.9 Å². The van der Waals surface area contributed by atoms with Crippen LogP contribution in [0.15, 0.2) is 24.3 Å². The molecule has 15 heavy (non-hydrogen) atoms. The number of rotatable bonds is 5. The molecule has 1 N–H and O–H groups in total. The summed E-state index contributed by atoms with van der Waals surface area (Å²) in [5, 5.41) is 0. The average Bonchev–Trinajstić information content (AvgIpc) is 2.28. The second-order valence-electron chi connectivity index (χ2n) is 3.00. The van der Waals surface area contributed by atoms with Gasteiger partial charge in [-0.15, -0.1) is 0 Å². The highest BCUT2D eigenvalue weighted by Gasteiger charge is 2.28. The van der Waals surface area contributed by atoms with E-state index < -0.39 is 13.7 Å². The van der Waals surface area contributed by atoms with Gasteiger partial charge >= 0.3 is 13.7 Å². The SMILES string of the molecule is CC[P+](=O)C(F)c1ccc(NSC)cc1. The summed E-state index contributed by atoms with van der Waals surface area (Å²) >= 11 is 1.48. The van der Waals surface area contributed by atoms with Crippen molar-refractivity contribution in [2.75, 3.05) is 17.1 Å². The van der Waals surface area contributed by atoms with E-state index >= 15 is 0 Å². The van der Waals surface area contributed by atoms with Gasteiger partial charge in [0.1, 0.15) is 6.16 Å². The Kier molecular flexibility index (Phi) is 5.06. The van der Waals surface area contributed by atoms with Crippen LogP contribution >= 0.6 is 19.7 Å². The third-order valence-electron chi connectivity index (χ3n) is 1.97. The van der Waals surface area contributed by atoms with Crippen LogP contribution in [0.25, 0.3) is 0 Å². The van der Waals surface area contributed by atoms with Crippen LogP contribution in [0.1, 0.15) is 18.4 Å². The van der Waals surface area contributed by atoms with Crippen molar-refractivity contribution in [1.82, 2.24) is 0 Å². The van der Waals surface area contributed by atoms with Crippen molar-refractivity contribution in [3.8, 4) is 0 Å². The van der Waals surface area contributed by atoms with Gasteiger partial charge in [0.05, 0.1) is 0 Å².